The van der Waals surface area contributed by atoms with Crippen LogP contribution in [0.25, 0.3) is 11.0 Å². The molecule has 5 nitrogen and oxygen atoms in total. The van der Waals surface area contributed by atoms with Crippen LogP contribution in [0.2, 0.25) is 0 Å². The van der Waals surface area contributed by atoms with E-state index >= 15 is 0 Å². The highest BCUT2D eigenvalue weighted by molar-refractivity contribution is 14.1. The summed E-state index contributed by atoms with van der Waals surface area (Å²) < 4.78 is 12.4. The molecular weight excluding hydrogens is 451 g/mol. The van der Waals surface area contributed by atoms with E-state index < -0.39 is 5.91 Å². The van der Waals surface area contributed by atoms with Crippen LogP contribution in [0.1, 0.15) is 16.3 Å². The smallest absolute Gasteiger partial charge is 0.307 e. The average molecular weight is 459 g/mol. The molecule has 0 bridgehead atoms. The number of nitrogens with one attached hydrogen (secondary N) is 1. The second-order valence-electron chi connectivity index (χ2n) is 4.13. The summed E-state index contributed by atoms with van der Waals surface area (Å²) in [5, 5.41) is 4.67. The zero-order chi connectivity index (χ0) is 14.8. The summed E-state index contributed by atoms with van der Waals surface area (Å²) in [5.41, 5.74) is 3.04. The van der Waals surface area contributed by atoms with E-state index in [9.17, 15) is 4.79 Å². The molecule has 0 spiro atoms. The van der Waals surface area contributed by atoms with E-state index in [-0.39, 0.29) is 5.76 Å². The Hall–Kier alpha value is -1.61. The Kier molecular flexibility index (Phi) is 4.11. The second-order valence-corrected chi connectivity index (χ2v) is 6.11. The van der Waals surface area contributed by atoms with Crippen molar-refractivity contribution in [3.05, 3.63) is 56.2 Å². The van der Waals surface area contributed by atoms with Crippen LogP contribution in [0.4, 0.5) is 0 Å². The van der Waals surface area contributed by atoms with E-state index in [2.05, 4.69) is 49.0 Å². The molecule has 21 heavy (non-hydrogen) atoms. The Labute approximate surface area is 141 Å². The number of hydrogen-bond donors (Lipinski definition) is 1. The van der Waals surface area contributed by atoms with Crippen molar-refractivity contribution in [2.75, 3.05) is 0 Å². The molecule has 1 N–H and O–H groups in total. The van der Waals surface area contributed by atoms with Gasteiger partial charge in [-0.15, -0.1) is 0 Å². The summed E-state index contributed by atoms with van der Waals surface area (Å²) in [6.45, 7) is 0. The maximum atomic E-state index is 11.9. The second kappa shape index (κ2) is 6.02. The Morgan fingerprint density at radius 2 is 2.10 bits per heavy atom. The van der Waals surface area contributed by atoms with Gasteiger partial charge in [-0.25, -0.2) is 5.43 Å². The summed E-state index contributed by atoms with van der Waals surface area (Å²) >= 11 is 5.42. The predicted molar refractivity (Wildman–Crippen MR) is 90.4 cm³/mol. The first kappa shape index (κ1) is 14.3. The number of furan rings is 2. The van der Waals surface area contributed by atoms with Gasteiger partial charge in [0, 0.05) is 9.86 Å². The van der Waals surface area contributed by atoms with Gasteiger partial charge < -0.3 is 8.83 Å². The summed E-state index contributed by atoms with van der Waals surface area (Å²) in [5.74, 6) is 0.349. The molecule has 2 aromatic heterocycles. The topological polar surface area (TPSA) is 67.7 Å². The average Bonchev–Trinajstić information content (AvgIpc) is 3.04. The van der Waals surface area contributed by atoms with Crippen LogP contribution in [-0.2, 0) is 0 Å². The van der Waals surface area contributed by atoms with Crippen LogP contribution in [0.3, 0.4) is 0 Å². The number of rotatable bonds is 3. The zero-order valence-corrected chi connectivity index (χ0v) is 14.2. The molecular formula is C14H8BrIN2O3. The minimum absolute atomic E-state index is 0.203. The molecule has 3 rings (SSSR count). The SMILES string of the molecule is O=C(N/N=C\c1ccc(I)o1)c1cc2cc(Br)ccc2o1. The summed E-state index contributed by atoms with van der Waals surface area (Å²) in [6.07, 6.45) is 1.43. The number of benzene rings is 1. The van der Waals surface area contributed by atoms with Gasteiger partial charge in [0.05, 0.1) is 6.21 Å². The van der Waals surface area contributed by atoms with Crippen LogP contribution in [0, 0.1) is 3.77 Å². The summed E-state index contributed by atoms with van der Waals surface area (Å²) in [4.78, 5) is 11.9. The van der Waals surface area contributed by atoms with Crippen molar-refractivity contribution in [2.24, 2.45) is 5.10 Å². The van der Waals surface area contributed by atoms with Crippen molar-refractivity contribution < 1.29 is 13.6 Å². The largest absolute Gasteiger partial charge is 0.451 e. The van der Waals surface area contributed by atoms with Gasteiger partial charge >= 0.3 is 5.91 Å². The van der Waals surface area contributed by atoms with Crippen LogP contribution in [-0.4, -0.2) is 12.1 Å². The van der Waals surface area contributed by atoms with Crippen LogP contribution < -0.4 is 5.43 Å². The number of fused-ring (bicyclic) bond motifs is 1. The van der Waals surface area contributed by atoms with Gasteiger partial charge in [-0.1, -0.05) is 15.9 Å². The number of hydrazone groups is 1. The molecule has 0 saturated heterocycles. The molecule has 0 radical (unpaired) electrons. The van der Waals surface area contributed by atoms with E-state index in [4.69, 9.17) is 8.83 Å². The molecule has 3 aromatic rings. The monoisotopic (exact) mass is 458 g/mol. The molecule has 1 amide bonds. The standard InChI is InChI=1S/C14H8BrIN2O3/c15-9-1-3-11-8(5-9)6-12(21-11)14(19)18-17-7-10-2-4-13(16)20-10/h1-7H,(H,18,19)/b17-7-. The maximum absolute atomic E-state index is 11.9. The zero-order valence-electron chi connectivity index (χ0n) is 10.5. The highest BCUT2D eigenvalue weighted by Gasteiger charge is 2.11. The molecule has 0 unspecified atom stereocenters. The van der Waals surface area contributed by atoms with Gasteiger partial charge in [0.1, 0.15) is 11.3 Å². The van der Waals surface area contributed by atoms with Crippen molar-refractivity contribution in [2.45, 2.75) is 0 Å². The van der Waals surface area contributed by atoms with E-state index in [1.165, 1.54) is 6.21 Å². The molecule has 0 atom stereocenters. The van der Waals surface area contributed by atoms with E-state index in [0.29, 0.717) is 11.3 Å². The first-order chi connectivity index (χ1) is 10.1. The quantitative estimate of drug-likeness (QED) is 0.364. The highest BCUT2D eigenvalue weighted by Crippen LogP contribution is 2.23. The first-order valence-electron chi connectivity index (χ1n) is 5.90. The summed E-state index contributed by atoms with van der Waals surface area (Å²) in [6, 6.07) is 10.8. The van der Waals surface area contributed by atoms with Gasteiger partial charge in [-0.05, 0) is 59.0 Å². The number of carbonyl (C=O) groups excluding carboxylic acids is 1. The lowest BCUT2D eigenvalue weighted by Crippen LogP contribution is -2.16. The number of halogens is 2. The molecule has 7 heteroatoms. The van der Waals surface area contributed by atoms with Gasteiger partial charge in [0.15, 0.2) is 9.53 Å². The molecule has 106 valence electrons. The molecule has 0 aliphatic heterocycles. The van der Waals surface area contributed by atoms with Crippen molar-refractivity contribution in [3.8, 4) is 0 Å². The Balaban J connectivity index is 1.73. The number of carbonyl (C=O) groups is 1. The third kappa shape index (κ3) is 3.35. The van der Waals surface area contributed by atoms with E-state index in [1.807, 2.05) is 12.1 Å². The van der Waals surface area contributed by atoms with Crippen molar-refractivity contribution in [1.82, 2.24) is 5.43 Å². The van der Waals surface area contributed by atoms with Crippen LogP contribution >= 0.6 is 38.5 Å². The number of nitrogens with zero attached hydrogens (tertiary/aromatic N) is 1. The fraction of sp³-hybridized carbons (Fsp3) is 0. The molecule has 2 heterocycles. The highest BCUT2D eigenvalue weighted by atomic mass is 127. The Morgan fingerprint density at radius 1 is 1.24 bits per heavy atom. The van der Waals surface area contributed by atoms with Crippen LogP contribution in [0.15, 0.2) is 54.8 Å². The Bertz CT molecular complexity index is 838. The molecule has 0 saturated carbocycles. The lowest BCUT2D eigenvalue weighted by atomic mass is 10.2. The third-order valence-corrected chi connectivity index (χ3v) is 3.73. The van der Waals surface area contributed by atoms with Crippen molar-refractivity contribution in [3.63, 3.8) is 0 Å². The summed E-state index contributed by atoms with van der Waals surface area (Å²) in [7, 11) is 0. The first-order valence-corrected chi connectivity index (χ1v) is 7.77. The normalized spacial score (nSPS) is 11.3. The fourth-order valence-electron chi connectivity index (χ4n) is 1.73. The van der Waals surface area contributed by atoms with Gasteiger partial charge in [-0.2, -0.15) is 5.10 Å². The van der Waals surface area contributed by atoms with E-state index in [0.717, 1.165) is 13.6 Å². The minimum Gasteiger partial charge on any atom is -0.451 e. The molecule has 0 fully saturated rings. The van der Waals surface area contributed by atoms with Gasteiger partial charge in [0.2, 0.25) is 0 Å². The van der Waals surface area contributed by atoms with Gasteiger partial charge in [-0.3, -0.25) is 4.79 Å². The Morgan fingerprint density at radius 3 is 2.86 bits per heavy atom. The lowest BCUT2D eigenvalue weighted by Gasteiger charge is -1.93. The van der Waals surface area contributed by atoms with Crippen LogP contribution in [0.5, 0.6) is 0 Å². The molecule has 0 aliphatic rings. The lowest BCUT2D eigenvalue weighted by molar-refractivity contribution is 0.0929. The minimum atomic E-state index is -0.417. The third-order valence-electron chi connectivity index (χ3n) is 2.65. The van der Waals surface area contributed by atoms with Crippen molar-refractivity contribution in [1.29, 1.82) is 0 Å². The predicted octanol–water partition coefficient (Wildman–Crippen LogP) is 4.16. The van der Waals surface area contributed by atoms with Gasteiger partial charge in [0.25, 0.3) is 0 Å². The maximum Gasteiger partial charge on any atom is 0.307 e. The fourth-order valence-corrected chi connectivity index (χ4v) is 2.55. The van der Waals surface area contributed by atoms with E-state index in [1.54, 1.807) is 24.3 Å². The number of amides is 1. The molecule has 1 aromatic carbocycles. The van der Waals surface area contributed by atoms with Crippen molar-refractivity contribution >= 4 is 61.6 Å². The molecule has 0 aliphatic carbocycles. The number of hydrogen-bond acceptors (Lipinski definition) is 4.